The maximum atomic E-state index is 13.3. The second-order valence-corrected chi connectivity index (χ2v) is 4.04. The largest absolute Gasteiger partial charge is 0.468 e. The molecule has 1 aromatic rings. The number of carbonyl (C=O) groups excluding carboxylic acids is 1. The zero-order valence-electron chi connectivity index (χ0n) is 8.61. The highest BCUT2D eigenvalue weighted by molar-refractivity contribution is 6.30. The van der Waals surface area contributed by atoms with Crippen LogP contribution in [0.1, 0.15) is 6.92 Å². The van der Waals surface area contributed by atoms with Crippen molar-refractivity contribution in [2.24, 2.45) is 0 Å². The molecule has 1 amide bonds. The highest BCUT2D eigenvalue weighted by atomic mass is 35.5. The van der Waals surface area contributed by atoms with Crippen molar-refractivity contribution in [1.82, 2.24) is 9.88 Å². The van der Waals surface area contributed by atoms with E-state index in [1.807, 2.05) is 0 Å². The fourth-order valence-electron chi connectivity index (χ4n) is 1.42. The van der Waals surface area contributed by atoms with E-state index in [0.717, 1.165) is 6.07 Å². The van der Waals surface area contributed by atoms with Crippen molar-refractivity contribution >= 4 is 17.5 Å². The van der Waals surface area contributed by atoms with Gasteiger partial charge in [0.2, 0.25) is 5.91 Å². The number of halogens is 2. The Balaban J connectivity index is 1.94. The molecule has 86 valence electrons. The molecule has 1 aliphatic heterocycles. The molecule has 4 nitrogen and oxygen atoms in total. The van der Waals surface area contributed by atoms with E-state index < -0.39 is 5.82 Å². The third-order valence-electron chi connectivity index (χ3n) is 2.35. The first kappa shape index (κ1) is 11.1. The molecule has 0 radical (unpaired) electrons. The van der Waals surface area contributed by atoms with Crippen molar-refractivity contribution in [2.75, 3.05) is 13.1 Å². The number of aromatic nitrogens is 1. The van der Waals surface area contributed by atoms with Crippen molar-refractivity contribution in [1.29, 1.82) is 0 Å². The molecule has 0 aliphatic carbocycles. The molecule has 6 heteroatoms. The normalized spacial score (nSPS) is 15.8. The molecule has 1 saturated heterocycles. The number of rotatable bonds is 2. The maximum Gasteiger partial charge on any atom is 0.250 e. The second-order valence-electron chi connectivity index (χ2n) is 3.60. The van der Waals surface area contributed by atoms with Crippen LogP contribution in [-0.4, -0.2) is 35.0 Å². The highest BCUT2D eigenvalue weighted by Gasteiger charge is 2.31. The number of nitrogens with zero attached hydrogens (tertiary/aromatic N) is 2. The minimum absolute atomic E-state index is 0.00983. The number of ether oxygens (including phenoxy) is 1. The monoisotopic (exact) mass is 244 g/mol. The van der Waals surface area contributed by atoms with Gasteiger partial charge in [-0.05, 0) is 6.07 Å². The lowest BCUT2D eigenvalue weighted by molar-refractivity contribution is -0.137. The van der Waals surface area contributed by atoms with Crippen molar-refractivity contribution in [3.63, 3.8) is 0 Å². The number of hydrogen-bond acceptors (Lipinski definition) is 3. The van der Waals surface area contributed by atoms with Crippen LogP contribution in [0.3, 0.4) is 0 Å². The second kappa shape index (κ2) is 4.25. The molecule has 1 aromatic heterocycles. The fraction of sp³-hybridized carbons (Fsp3) is 0.400. The number of pyridine rings is 1. The zero-order chi connectivity index (χ0) is 11.7. The third-order valence-corrected chi connectivity index (χ3v) is 2.55. The van der Waals surface area contributed by atoms with Gasteiger partial charge >= 0.3 is 0 Å². The van der Waals surface area contributed by atoms with E-state index in [0.29, 0.717) is 13.1 Å². The van der Waals surface area contributed by atoms with Crippen molar-refractivity contribution in [3.05, 3.63) is 23.1 Å². The van der Waals surface area contributed by atoms with Gasteiger partial charge < -0.3 is 9.64 Å². The summed E-state index contributed by atoms with van der Waals surface area (Å²) >= 11 is 5.56. The Kier molecular flexibility index (Phi) is 2.96. The smallest absolute Gasteiger partial charge is 0.250 e. The van der Waals surface area contributed by atoms with Crippen LogP contribution < -0.4 is 4.74 Å². The molecular weight excluding hydrogens is 235 g/mol. The molecule has 0 spiro atoms. The van der Waals surface area contributed by atoms with Crippen molar-refractivity contribution < 1.29 is 13.9 Å². The predicted octanol–water partition coefficient (Wildman–Crippen LogP) is 1.48. The van der Waals surface area contributed by atoms with Crippen molar-refractivity contribution in [3.8, 4) is 5.88 Å². The van der Waals surface area contributed by atoms with Gasteiger partial charge in [-0.2, -0.15) is 0 Å². The molecule has 0 aromatic carbocycles. The maximum absolute atomic E-state index is 13.3. The first-order valence-corrected chi connectivity index (χ1v) is 5.17. The molecule has 0 unspecified atom stereocenters. The van der Waals surface area contributed by atoms with Crippen LogP contribution in [-0.2, 0) is 4.79 Å². The Morgan fingerprint density at radius 2 is 2.38 bits per heavy atom. The summed E-state index contributed by atoms with van der Waals surface area (Å²) in [5.74, 6) is -0.671. The molecule has 16 heavy (non-hydrogen) atoms. The van der Waals surface area contributed by atoms with Gasteiger partial charge in [0.1, 0.15) is 6.10 Å². The van der Waals surface area contributed by atoms with Gasteiger partial charge in [0.25, 0.3) is 5.88 Å². The summed E-state index contributed by atoms with van der Waals surface area (Å²) in [4.78, 5) is 16.2. The Hall–Kier alpha value is -1.36. The molecule has 0 N–H and O–H groups in total. The van der Waals surface area contributed by atoms with E-state index >= 15 is 0 Å². The van der Waals surface area contributed by atoms with E-state index in [-0.39, 0.29) is 22.9 Å². The molecule has 1 fully saturated rings. The van der Waals surface area contributed by atoms with E-state index in [2.05, 4.69) is 4.98 Å². The van der Waals surface area contributed by atoms with Crippen LogP contribution in [0, 0.1) is 5.82 Å². The summed E-state index contributed by atoms with van der Waals surface area (Å²) in [6.45, 7) is 2.43. The summed E-state index contributed by atoms with van der Waals surface area (Å²) in [6.07, 6.45) is 1.13. The van der Waals surface area contributed by atoms with Gasteiger partial charge in [-0.3, -0.25) is 4.79 Å². The van der Waals surface area contributed by atoms with Gasteiger partial charge in [-0.25, -0.2) is 9.37 Å². The highest BCUT2D eigenvalue weighted by Crippen LogP contribution is 2.21. The van der Waals surface area contributed by atoms with Crippen molar-refractivity contribution in [2.45, 2.75) is 13.0 Å². The lowest BCUT2D eigenvalue weighted by atomic mass is 10.2. The van der Waals surface area contributed by atoms with Crippen LogP contribution in [0.4, 0.5) is 4.39 Å². The number of likely N-dealkylation sites (tertiary alicyclic amines) is 1. The van der Waals surface area contributed by atoms with Gasteiger partial charge in [-0.1, -0.05) is 11.6 Å². The topological polar surface area (TPSA) is 42.4 Å². The molecule has 2 rings (SSSR count). The third kappa shape index (κ3) is 2.24. The molecular formula is C10H10ClFN2O2. The number of amides is 1. The van der Waals surface area contributed by atoms with Crippen LogP contribution in [0.5, 0.6) is 5.88 Å². The SMILES string of the molecule is CC(=O)N1CC(Oc2ncc(Cl)cc2F)C1. The van der Waals surface area contributed by atoms with E-state index in [4.69, 9.17) is 16.3 Å². The van der Waals surface area contributed by atoms with Gasteiger partial charge in [-0.15, -0.1) is 0 Å². The van der Waals surface area contributed by atoms with Crippen LogP contribution in [0.15, 0.2) is 12.3 Å². The summed E-state index contributed by atoms with van der Waals surface area (Å²) in [5, 5.41) is 0.226. The molecule has 0 saturated carbocycles. The van der Waals surface area contributed by atoms with Crippen LogP contribution in [0.25, 0.3) is 0 Å². The summed E-state index contributed by atoms with van der Waals surface area (Å²) in [6, 6.07) is 1.14. The number of carbonyl (C=O) groups is 1. The zero-order valence-corrected chi connectivity index (χ0v) is 9.37. The average Bonchev–Trinajstić information content (AvgIpc) is 2.12. The Morgan fingerprint density at radius 1 is 1.69 bits per heavy atom. The Bertz CT molecular complexity index is 421. The minimum atomic E-state index is -0.589. The molecule has 0 bridgehead atoms. The molecule has 0 atom stereocenters. The Labute approximate surface area is 97.0 Å². The molecule has 2 heterocycles. The average molecular weight is 245 g/mol. The summed E-state index contributed by atoms with van der Waals surface area (Å²) < 4.78 is 18.6. The van der Waals surface area contributed by atoms with Crippen LogP contribution in [0.2, 0.25) is 5.02 Å². The first-order valence-electron chi connectivity index (χ1n) is 4.79. The lowest BCUT2D eigenvalue weighted by Gasteiger charge is -2.37. The van der Waals surface area contributed by atoms with Gasteiger partial charge in [0, 0.05) is 13.1 Å². The predicted molar refractivity (Wildman–Crippen MR) is 55.9 cm³/mol. The summed E-state index contributed by atoms with van der Waals surface area (Å²) in [7, 11) is 0. The van der Waals surface area contributed by atoms with Crippen LogP contribution >= 0.6 is 11.6 Å². The fourth-order valence-corrected chi connectivity index (χ4v) is 1.56. The minimum Gasteiger partial charge on any atom is -0.468 e. The van der Waals surface area contributed by atoms with E-state index in [1.165, 1.54) is 13.1 Å². The number of hydrogen-bond donors (Lipinski definition) is 0. The van der Waals surface area contributed by atoms with Gasteiger partial charge in [0.05, 0.1) is 18.1 Å². The Morgan fingerprint density at radius 3 is 2.94 bits per heavy atom. The quantitative estimate of drug-likeness (QED) is 0.792. The van der Waals surface area contributed by atoms with E-state index in [1.54, 1.807) is 4.90 Å². The lowest BCUT2D eigenvalue weighted by Crippen LogP contribution is -2.55. The summed E-state index contributed by atoms with van der Waals surface area (Å²) in [5.41, 5.74) is 0. The van der Waals surface area contributed by atoms with E-state index in [9.17, 15) is 9.18 Å². The molecule has 1 aliphatic rings. The first-order chi connectivity index (χ1) is 7.56. The van der Waals surface area contributed by atoms with Gasteiger partial charge in [0.15, 0.2) is 5.82 Å². The standard InChI is InChI=1S/C10H10ClFN2O2/c1-6(15)14-4-8(5-14)16-10-9(12)2-7(11)3-13-10/h2-3,8H,4-5H2,1H3.